The summed E-state index contributed by atoms with van der Waals surface area (Å²) in [5.41, 5.74) is 2.76. The minimum Gasteiger partial charge on any atom is -0.497 e. The van der Waals surface area contributed by atoms with Crippen LogP contribution in [0.3, 0.4) is 0 Å². The van der Waals surface area contributed by atoms with Crippen LogP contribution in [0.1, 0.15) is 26.3 Å². The molecule has 0 spiro atoms. The predicted octanol–water partition coefficient (Wildman–Crippen LogP) is 3.46. The van der Waals surface area contributed by atoms with E-state index in [9.17, 15) is 9.59 Å². The van der Waals surface area contributed by atoms with Crippen LogP contribution in [0.5, 0.6) is 5.75 Å². The Hall–Kier alpha value is -2.88. The van der Waals surface area contributed by atoms with Gasteiger partial charge < -0.3 is 4.74 Å². The van der Waals surface area contributed by atoms with E-state index in [1.54, 1.807) is 37.6 Å². The lowest BCUT2D eigenvalue weighted by atomic mass is 10.1. The number of aryl methyl sites for hydroxylation is 1. The smallest absolute Gasteiger partial charge is 0.262 e. The molecule has 22 heavy (non-hydrogen) atoms. The first-order chi connectivity index (χ1) is 10.6. The molecule has 0 amide bonds. The van der Waals surface area contributed by atoms with Gasteiger partial charge in [0, 0.05) is 22.7 Å². The molecule has 0 radical (unpaired) electrons. The highest BCUT2D eigenvalue weighted by Crippen LogP contribution is 2.26. The maximum absolute atomic E-state index is 12.7. The Kier molecular flexibility index (Phi) is 3.51. The Bertz CT molecular complexity index is 877. The van der Waals surface area contributed by atoms with Crippen LogP contribution in [0.4, 0.5) is 0 Å². The summed E-state index contributed by atoms with van der Waals surface area (Å²) in [6, 6.07) is 12.7. The molecule has 4 heteroatoms. The molecule has 0 fully saturated rings. The molecule has 0 N–H and O–H groups in total. The molecular formula is C18H15NO3. The molecule has 1 aromatic heterocycles. The van der Waals surface area contributed by atoms with Crippen molar-refractivity contribution >= 4 is 23.1 Å². The number of benzene rings is 2. The lowest BCUT2D eigenvalue weighted by Gasteiger charge is -2.06. The first kappa shape index (κ1) is 14.1. The molecule has 4 nitrogen and oxygen atoms in total. The third-order valence-corrected chi connectivity index (χ3v) is 3.65. The summed E-state index contributed by atoms with van der Waals surface area (Å²) in [5.74, 6) is 0.489. The number of hydrogen-bond donors (Lipinski definition) is 0. The van der Waals surface area contributed by atoms with Crippen LogP contribution in [0.25, 0.3) is 10.9 Å². The first-order valence-electron chi connectivity index (χ1n) is 6.89. The highest BCUT2D eigenvalue weighted by Gasteiger charge is 2.15. The monoisotopic (exact) mass is 293 g/mol. The second kappa shape index (κ2) is 5.48. The van der Waals surface area contributed by atoms with Crippen molar-refractivity contribution in [1.82, 2.24) is 4.57 Å². The first-order valence-corrected chi connectivity index (χ1v) is 6.89. The summed E-state index contributed by atoms with van der Waals surface area (Å²) in [5, 5.41) is 0.704. The van der Waals surface area contributed by atoms with Gasteiger partial charge in [0.15, 0.2) is 6.29 Å². The second-order valence-electron chi connectivity index (χ2n) is 5.13. The maximum atomic E-state index is 12.7. The minimum atomic E-state index is -0.160. The number of nitrogens with zero attached hydrogens (tertiary/aromatic N) is 1. The summed E-state index contributed by atoms with van der Waals surface area (Å²) >= 11 is 0. The number of carbonyl (C=O) groups is 2. The Morgan fingerprint density at radius 2 is 2.00 bits per heavy atom. The van der Waals surface area contributed by atoms with Crippen molar-refractivity contribution < 1.29 is 14.3 Å². The third-order valence-electron chi connectivity index (χ3n) is 3.65. The largest absolute Gasteiger partial charge is 0.497 e. The molecule has 0 unspecified atom stereocenters. The molecule has 2 aromatic carbocycles. The number of fused-ring (bicyclic) bond motifs is 1. The van der Waals surface area contributed by atoms with Gasteiger partial charge in [-0.3, -0.25) is 14.2 Å². The summed E-state index contributed by atoms with van der Waals surface area (Å²) in [6.45, 7) is 1.94. The molecule has 1 heterocycles. The number of hydrogen-bond acceptors (Lipinski definition) is 3. The molecule has 0 bridgehead atoms. The SMILES string of the molecule is COc1ccc2c(c1)c(C=O)cn2C(=O)c1cccc(C)c1. The van der Waals surface area contributed by atoms with E-state index in [1.165, 1.54) is 4.57 Å². The molecule has 0 aliphatic carbocycles. The molecule has 110 valence electrons. The van der Waals surface area contributed by atoms with E-state index in [0.717, 1.165) is 11.8 Å². The minimum absolute atomic E-state index is 0.160. The number of aldehydes is 1. The van der Waals surface area contributed by atoms with Crippen molar-refractivity contribution in [3.05, 3.63) is 65.4 Å². The summed E-state index contributed by atoms with van der Waals surface area (Å²) in [7, 11) is 1.57. The van der Waals surface area contributed by atoms with Crippen molar-refractivity contribution in [3.63, 3.8) is 0 Å². The fourth-order valence-corrected chi connectivity index (χ4v) is 2.54. The van der Waals surface area contributed by atoms with Gasteiger partial charge in [-0.2, -0.15) is 0 Å². The standard InChI is InChI=1S/C18H15NO3/c1-12-4-3-5-13(8-12)18(21)19-10-14(11-20)16-9-15(22-2)6-7-17(16)19/h3-11H,1-2H3. The highest BCUT2D eigenvalue weighted by atomic mass is 16.5. The van der Waals surface area contributed by atoms with Gasteiger partial charge in [-0.15, -0.1) is 0 Å². The van der Waals surface area contributed by atoms with Crippen molar-refractivity contribution in [2.24, 2.45) is 0 Å². The fraction of sp³-hybridized carbons (Fsp3) is 0.111. The zero-order chi connectivity index (χ0) is 15.7. The second-order valence-corrected chi connectivity index (χ2v) is 5.13. The van der Waals surface area contributed by atoms with Gasteiger partial charge in [0.25, 0.3) is 5.91 Å². The van der Waals surface area contributed by atoms with Gasteiger partial charge in [0.2, 0.25) is 0 Å². The topological polar surface area (TPSA) is 48.3 Å². The number of carbonyl (C=O) groups excluding carboxylic acids is 2. The van der Waals surface area contributed by atoms with E-state index < -0.39 is 0 Å². The predicted molar refractivity (Wildman–Crippen MR) is 84.8 cm³/mol. The van der Waals surface area contributed by atoms with Gasteiger partial charge in [0.05, 0.1) is 12.6 Å². The Balaban J connectivity index is 2.18. The van der Waals surface area contributed by atoms with Crippen LogP contribution in [0.15, 0.2) is 48.7 Å². The molecule has 0 aliphatic heterocycles. The lowest BCUT2D eigenvalue weighted by molar-refractivity contribution is 0.0965. The Labute approximate surface area is 127 Å². The molecule has 0 saturated heterocycles. The van der Waals surface area contributed by atoms with E-state index in [0.29, 0.717) is 27.8 Å². The fourth-order valence-electron chi connectivity index (χ4n) is 2.54. The quantitative estimate of drug-likeness (QED) is 0.695. The molecule has 3 rings (SSSR count). The zero-order valence-electron chi connectivity index (χ0n) is 12.4. The third kappa shape index (κ3) is 2.29. The van der Waals surface area contributed by atoms with Crippen molar-refractivity contribution in [1.29, 1.82) is 0 Å². The van der Waals surface area contributed by atoms with Gasteiger partial charge in [0.1, 0.15) is 5.75 Å². The maximum Gasteiger partial charge on any atom is 0.262 e. The van der Waals surface area contributed by atoms with E-state index in [-0.39, 0.29) is 5.91 Å². The number of aromatic nitrogens is 1. The Morgan fingerprint density at radius 1 is 1.18 bits per heavy atom. The van der Waals surface area contributed by atoms with Gasteiger partial charge in [-0.1, -0.05) is 17.7 Å². The van der Waals surface area contributed by atoms with Gasteiger partial charge in [-0.25, -0.2) is 0 Å². The highest BCUT2D eigenvalue weighted by molar-refractivity contribution is 6.07. The van der Waals surface area contributed by atoms with Gasteiger partial charge >= 0.3 is 0 Å². The van der Waals surface area contributed by atoms with E-state index in [1.807, 2.05) is 25.1 Å². The van der Waals surface area contributed by atoms with Crippen LogP contribution in [-0.4, -0.2) is 23.9 Å². The molecule has 0 atom stereocenters. The molecule has 0 saturated carbocycles. The average Bonchev–Trinajstić information content (AvgIpc) is 2.91. The van der Waals surface area contributed by atoms with Gasteiger partial charge in [-0.05, 0) is 37.3 Å². The van der Waals surface area contributed by atoms with Crippen LogP contribution in [0, 0.1) is 6.92 Å². The lowest BCUT2D eigenvalue weighted by Crippen LogP contribution is -2.10. The summed E-state index contributed by atoms with van der Waals surface area (Å²) < 4.78 is 6.69. The van der Waals surface area contributed by atoms with Crippen molar-refractivity contribution in [2.75, 3.05) is 7.11 Å². The van der Waals surface area contributed by atoms with E-state index >= 15 is 0 Å². The molecule has 0 aliphatic rings. The number of rotatable bonds is 3. The summed E-state index contributed by atoms with van der Waals surface area (Å²) in [4.78, 5) is 24.0. The number of methoxy groups -OCH3 is 1. The van der Waals surface area contributed by atoms with E-state index in [4.69, 9.17) is 4.74 Å². The van der Waals surface area contributed by atoms with E-state index in [2.05, 4.69) is 0 Å². The number of ether oxygens (including phenoxy) is 1. The van der Waals surface area contributed by atoms with Crippen LogP contribution in [-0.2, 0) is 0 Å². The van der Waals surface area contributed by atoms with Crippen molar-refractivity contribution in [2.45, 2.75) is 6.92 Å². The molecular weight excluding hydrogens is 278 g/mol. The summed E-state index contributed by atoms with van der Waals surface area (Å²) in [6.07, 6.45) is 2.32. The van der Waals surface area contributed by atoms with Crippen LogP contribution in [0.2, 0.25) is 0 Å². The normalized spacial score (nSPS) is 10.6. The average molecular weight is 293 g/mol. The van der Waals surface area contributed by atoms with Crippen LogP contribution < -0.4 is 4.74 Å². The van der Waals surface area contributed by atoms with Crippen molar-refractivity contribution in [3.8, 4) is 5.75 Å². The van der Waals surface area contributed by atoms with Crippen LogP contribution >= 0.6 is 0 Å². The zero-order valence-corrected chi connectivity index (χ0v) is 12.4. The molecule has 3 aromatic rings. The Morgan fingerprint density at radius 3 is 2.68 bits per heavy atom.